The Balaban J connectivity index is 1.76. The fourth-order valence-corrected chi connectivity index (χ4v) is 5.01. The second kappa shape index (κ2) is 6.75. The molecule has 1 aromatic rings. The van der Waals surface area contributed by atoms with Gasteiger partial charge in [0.05, 0.1) is 18.8 Å². The van der Waals surface area contributed by atoms with Crippen molar-refractivity contribution in [2.45, 2.75) is 63.2 Å². The molecule has 2 aliphatic carbocycles. The number of hydrogen-bond donors (Lipinski definition) is 1. The third-order valence-corrected chi connectivity index (χ3v) is 6.31. The molecule has 1 aromatic carbocycles. The van der Waals surface area contributed by atoms with Gasteiger partial charge in [0.1, 0.15) is 5.54 Å². The van der Waals surface area contributed by atoms with E-state index in [4.69, 9.17) is 9.47 Å². The predicted molar refractivity (Wildman–Crippen MR) is 96.7 cm³/mol. The normalized spacial score (nSPS) is 33.1. The summed E-state index contributed by atoms with van der Waals surface area (Å²) in [6, 6.07) is 9.21. The van der Waals surface area contributed by atoms with Gasteiger partial charge in [0, 0.05) is 6.42 Å². The second-order valence-electron chi connectivity index (χ2n) is 7.67. The van der Waals surface area contributed by atoms with E-state index in [0.29, 0.717) is 5.56 Å². The Morgan fingerprint density at radius 2 is 1.85 bits per heavy atom. The van der Waals surface area contributed by atoms with Gasteiger partial charge in [-0.3, -0.25) is 14.4 Å². The zero-order chi connectivity index (χ0) is 19.1. The average Bonchev–Trinajstić information content (AvgIpc) is 2.86. The first kappa shape index (κ1) is 18.2. The summed E-state index contributed by atoms with van der Waals surface area (Å²) in [5.74, 6) is -2.09. The van der Waals surface area contributed by atoms with Crippen molar-refractivity contribution in [2.24, 2.45) is 5.41 Å². The Kier molecular flexibility index (Phi) is 4.54. The molecule has 1 N–H and O–H groups in total. The van der Waals surface area contributed by atoms with Crippen LogP contribution in [0.5, 0.6) is 0 Å². The van der Waals surface area contributed by atoms with Crippen molar-refractivity contribution in [1.82, 2.24) is 5.32 Å². The highest BCUT2D eigenvalue weighted by Crippen LogP contribution is 2.62. The highest BCUT2D eigenvalue weighted by Gasteiger charge is 2.81. The second-order valence-corrected chi connectivity index (χ2v) is 7.67. The molecule has 27 heavy (non-hydrogen) atoms. The molecule has 144 valence electrons. The maximum atomic E-state index is 12.9. The number of ketones is 1. The minimum Gasteiger partial charge on any atom is -0.465 e. The third kappa shape index (κ3) is 2.46. The first-order chi connectivity index (χ1) is 13.1. The fraction of sp³-hybridized carbons (Fsp3) is 0.571. The smallest absolute Gasteiger partial charge is 0.323 e. The summed E-state index contributed by atoms with van der Waals surface area (Å²) < 4.78 is 11.6. The standard InChI is InChI=1S/C21H25NO5/c1-2-26-19(25)20-13-16(27-15-11-7-4-8-12-15)21(20,22-18(24)17(20)23)14-9-5-3-6-10-14/h3,5-6,9-10,15-16H,2,4,7-8,11-13H2,1H3,(H,22,24)/t16-,20+,21+/m0/s1. The van der Waals surface area contributed by atoms with Gasteiger partial charge in [0.2, 0.25) is 5.78 Å². The number of fused-ring (bicyclic) bond motifs is 1. The van der Waals surface area contributed by atoms with Crippen LogP contribution < -0.4 is 5.32 Å². The Labute approximate surface area is 158 Å². The van der Waals surface area contributed by atoms with Gasteiger partial charge in [0.25, 0.3) is 5.91 Å². The van der Waals surface area contributed by atoms with Gasteiger partial charge in [0.15, 0.2) is 5.41 Å². The van der Waals surface area contributed by atoms with Crippen molar-refractivity contribution in [1.29, 1.82) is 0 Å². The lowest BCUT2D eigenvalue weighted by atomic mass is 9.50. The SMILES string of the molecule is CCOC(=O)[C@]12C[C@H](OC3CCCCC3)[C@@]1(c1ccccc1)NC(=O)C2=O. The predicted octanol–water partition coefficient (Wildman–Crippen LogP) is 2.25. The van der Waals surface area contributed by atoms with Crippen LogP contribution in [0.15, 0.2) is 30.3 Å². The van der Waals surface area contributed by atoms with E-state index < -0.39 is 34.7 Å². The van der Waals surface area contributed by atoms with E-state index in [2.05, 4.69) is 5.32 Å². The van der Waals surface area contributed by atoms with E-state index >= 15 is 0 Å². The molecule has 6 heteroatoms. The van der Waals surface area contributed by atoms with Crippen LogP contribution in [0.2, 0.25) is 0 Å². The monoisotopic (exact) mass is 371 g/mol. The molecule has 0 unspecified atom stereocenters. The number of carbonyl (C=O) groups excluding carboxylic acids is 3. The van der Waals surface area contributed by atoms with Gasteiger partial charge >= 0.3 is 5.97 Å². The molecule has 3 atom stereocenters. The van der Waals surface area contributed by atoms with Crippen LogP contribution in [0.25, 0.3) is 0 Å². The van der Waals surface area contributed by atoms with E-state index in [1.54, 1.807) is 6.92 Å². The van der Waals surface area contributed by atoms with Crippen molar-refractivity contribution in [3.05, 3.63) is 35.9 Å². The number of carbonyl (C=O) groups is 3. The van der Waals surface area contributed by atoms with Gasteiger partial charge in [-0.05, 0) is 25.3 Å². The van der Waals surface area contributed by atoms with E-state index in [1.165, 1.54) is 6.42 Å². The molecule has 0 bridgehead atoms. The Morgan fingerprint density at radius 3 is 2.52 bits per heavy atom. The van der Waals surface area contributed by atoms with Crippen LogP contribution in [0.1, 0.15) is 51.0 Å². The molecular weight excluding hydrogens is 346 g/mol. The number of rotatable bonds is 5. The number of hydrogen-bond acceptors (Lipinski definition) is 5. The molecule has 0 aromatic heterocycles. The average molecular weight is 371 g/mol. The number of benzene rings is 1. The van der Waals surface area contributed by atoms with Crippen molar-refractivity contribution >= 4 is 17.7 Å². The van der Waals surface area contributed by atoms with Gasteiger partial charge in [-0.1, -0.05) is 49.6 Å². The number of Topliss-reactive ketones (excluding diaryl/α,β-unsaturated/α-hetero) is 1. The van der Waals surface area contributed by atoms with E-state index in [1.807, 2.05) is 30.3 Å². The highest BCUT2D eigenvalue weighted by atomic mass is 16.5. The molecule has 6 nitrogen and oxygen atoms in total. The summed E-state index contributed by atoms with van der Waals surface area (Å²) in [5, 5.41) is 2.84. The summed E-state index contributed by atoms with van der Waals surface area (Å²) in [4.78, 5) is 38.2. The molecule has 0 spiro atoms. The third-order valence-electron chi connectivity index (χ3n) is 6.31. The number of amides is 1. The molecule has 1 saturated heterocycles. The zero-order valence-corrected chi connectivity index (χ0v) is 15.5. The molecule has 3 fully saturated rings. The molecule has 4 rings (SSSR count). The Bertz CT molecular complexity index is 757. The summed E-state index contributed by atoms with van der Waals surface area (Å²) in [6.45, 7) is 1.85. The number of esters is 1. The van der Waals surface area contributed by atoms with Crippen LogP contribution in [0.3, 0.4) is 0 Å². The lowest BCUT2D eigenvalue weighted by molar-refractivity contribution is -0.209. The van der Waals surface area contributed by atoms with E-state index in [-0.39, 0.29) is 19.1 Å². The van der Waals surface area contributed by atoms with Crippen LogP contribution in [0.4, 0.5) is 0 Å². The summed E-state index contributed by atoms with van der Waals surface area (Å²) in [5.41, 5.74) is -2.02. The van der Waals surface area contributed by atoms with Gasteiger partial charge < -0.3 is 14.8 Å². The van der Waals surface area contributed by atoms with Crippen molar-refractivity contribution in [3.63, 3.8) is 0 Å². The molecule has 2 saturated carbocycles. The molecule has 3 aliphatic rings. The summed E-state index contributed by atoms with van der Waals surface area (Å²) >= 11 is 0. The molecule has 1 heterocycles. The minimum atomic E-state index is -1.54. The van der Waals surface area contributed by atoms with Crippen LogP contribution >= 0.6 is 0 Å². The Hall–Kier alpha value is -2.21. The molecule has 0 radical (unpaired) electrons. The van der Waals surface area contributed by atoms with Crippen molar-refractivity contribution in [2.75, 3.05) is 6.61 Å². The lowest BCUT2D eigenvalue weighted by Gasteiger charge is -2.57. The van der Waals surface area contributed by atoms with E-state index in [0.717, 1.165) is 25.7 Å². The lowest BCUT2D eigenvalue weighted by Crippen LogP contribution is -2.73. The Morgan fingerprint density at radius 1 is 1.15 bits per heavy atom. The molecule has 1 amide bonds. The largest absolute Gasteiger partial charge is 0.465 e. The van der Waals surface area contributed by atoms with Crippen LogP contribution in [-0.2, 0) is 29.4 Å². The fourth-order valence-electron chi connectivity index (χ4n) is 5.01. The quantitative estimate of drug-likeness (QED) is 0.488. The van der Waals surface area contributed by atoms with Gasteiger partial charge in [-0.2, -0.15) is 0 Å². The van der Waals surface area contributed by atoms with Crippen LogP contribution in [0, 0.1) is 5.41 Å². The van der Waals surface area contributed by atoms with Crippen molar-refractivity contribution < 1.29 is 23.9 Å². The number of nitrogens with one attached hydrogen (secondary N) is 1. The van der Waals surface area contributed by atoms with Crippen molar-refractivity contribution in [3.8, 4) is 0 Å². The first-order valence-electron chi connectivity index (χ1n) is 9.81. The van der Waals surface area contributed by atoms with Gasteiger partial charge in [-0.25, -0.2) is 0 Å². The topological polar surface area (TPSA) is 81.7 Å². The molecular formula is C21H25NO5. The maximum Gasteiger partial charge on any atom is 0.323 e. The zero-order valence-electron chi connectivity index (χ0n) is 15.5. The maximum absolute atomic E-state index is 12.9. The minimum absolute atomic E-state index is 0.0946. The first-order valence-corrected chi connectivity index (χ1v) is 9.81. The van der Waals surface area contributed by atoms with Gasteiger partial charge in [-0.15, -0.1) is 0 Å². The summed E-state index contributed by atoms with van der Waals surface area (Å²) in [6.07, 6.45) is 5.21. The van der Waals surface area contributed by atoms with E-state index in [9.17, 15) is 14.4 Å². The summed E-state index contributed by atoms with van der Waals surface area (Å²) in [7, 11) is 0. The molecule has 1 aliphatic heterocycles. The number of ether oxygens (including phenoxy) is 2. The highest BCUT2D eigenvalue weighted by molar-refractivity contribution is 6.45. The van der Waals surface area contributed by atoms with Crippen LogP contribution in [-0.4, -0.2) is 36.5 Å².